The van der Waals surface area contributed by atoms with Crippen molar-refractivity contribution in [3.05, 3.63) is 57.6 Å². The van der Waals surface area contributed by atoms with E-state index >= 15 is 0 Å². The Labute approximate surface area is 125 Å². The SMILES string of the molecule is N#Cc1ccc(Cl)cc1Nc1ccc(Cl)c(C(=O)O)c1. The van der Waals surface area contributed by atoms with Crippen molar-refractivity contribution in [1.29, 1.82) is 5.26 Å². The predicted octanol–water partition coefficient (Wildman–Crippen LogP) is 4.31. The summed E-state index contributed by atoms with van der Waals surface area (Å²) in [6, 6.07) is 11.3. The molecule has 2 rings (SSSR count). The number of carbonyl (C=O) groups is 1. The first-order valence-electron chi connectivity index (χ1n) is 5.51. The van der Waals surface area contributed by atoms with Crippen LogP contribution in [0.25, 0.3) is 0 Å². The molecular weight excluding hydrogens is 299 g/mol. The van der Waals surface area contributed by atoms with Crippen LogP contribution in [-0.2, 0) is 0 Å². The van der Waals surface area contributed by atoms with Gasteiger partial charge in [0.15, 0.2) is 0 Å². The monoisotopic (exact) mass is 306 g/mol. The number of rotatable bonds is 3. The number of nitrogens with one attached hydrogen (secondary N) is 1. The fourth-order valence-electron chi connectivity index (χ4n) is 1.64. The summed E-state index contributed by atoms with van der Waals surface area (Å²) in [7, 11) is 0. The molecule has 2 N–H and O–H groups in total. The summed E-state index contributed by atoms with van der Waals surface area (Å²) < 4.78 is 0. The number of nitrogens with zero attached hydrogens (tertiary/aromatic N) is 1. The lowest BCUT2D eigenvalue weighted by Gasteiger charge is -2.10. The van der Waals surface area contributed by atoms with Crippen LogP contribution in [0.5, 0.6) is 0 Å². The van der Waals surface area contributed by atoms with E-state index in [0.717, 1.165) is 0 Å². The molecule has 6 heteroatoms. The number of anilines is 2. The van der Waals surface area contributed by atoms with Gasteiger partial charge in [-0.05, 0) is 36.4 Å². The van der Waals surface area contributed by atoms with Crippen molar-refractivity contribution in [2.24, 2.45) is 0 Å². The second-order valence-electron chi connectivity index (χ2n) is 3.93. The molecule has 0 aliphatic heterocycles. The van der Waals surface area contributed by atoms with E-state index in [9.17, 15) is 4.79 Å². The maximum atomic E-state index is 11.0. The number of carboxylic acids is 1. The number of carboxylic acid groups (broad SMARTS) is 1. The van der Waals surface area contributed by atoms with E-state index in [-0.39, 0.29) is 10.6 Å². The van der Waals surface area contributed by atoms with Gasteiger partial charge in [-0.3, -0.25) is 0 Å². The molecule has 0 aliphatic carbocycles. The van der Waals surface area contributed by atoms with Crippen LogP contribution in [0.1, 0.15) is 15.9 Å². The normalized spacial score (nSPS) is 9.85. The maximum Gasteiger partial charge on any atom is 0.337 e. The fourth-order valence-corrected chi connectivity index (χ4v) is 2.01. The van der Waals surface area contributed by atoms with Gasteiger partial charge in [0.1, 0.15) is 6.07 Å². The van der Waals surface area contributed by atoms with Gasteiger partial charge in [-0.25, -0.2) is 4.79 Å². The highest BCUT2D eigenvalue weighted by Gasteiger charge is 2.10. The molecule has 20 heavy (non-hydrogen) atoms. The molecule has 0 heterocycles. The number of nitriles is 1. The molecule has 0 saturated carbocycles. The molecule has 2 aromatic carbocycles. The lowest BCUT2D eigenvalue weighted by atomic mass is 10.1. The Hall–Kier alpha value is -2.22. The summed E-state index contributed by atoms with van der Waals surface area (Å²) in [5.74, 6) is -1.12. The largest absolute Gasteiger partial charge is 0.478 e. The Morgan fingerprint density at radius 1 is 1.20 bits per heavy atom. The summed E-state index contributed by atoms with van der Waals surface area (Å²) in [6.45, 7) is 0. The number of benzene rings is 2. The van der Waals surface area contributed by atoms with Gasteiger partial charge in [0, 0.05) is 10.7 Å². The standard InChI is InChI=1S/C14H8Cl2N2O2/c15-9-2-1-8(7-17)13(5-9)18-10-3-4-12(16)11(6-10)14(19)20/h1-6,18H,(H,19,20). The highest BCUT2D eigenvalue weighted by atomic mass is 35.5. The van der Waals surface area contributed by atoms with Gasteiger partial charge in [0.05, 0.1) is 21.8 Å². The molecule has 100 valence electrons. The molecule has 0 bridgehead atoms. The molecule has 0 aliphatic rings. The van der Waals surface area contributed by atoms with Crippen LogP contribution in [0, 0.1) is 11.3 Å². The summed E-state index contributed by atoms with van der Waals surface area (Å²) in [5.41, 5.74) is 1.39. The molecule has 0 saturated heterocycles. The van der Waals surface area contributed by atoms with E-state index in [1.807, 2.05) is 6.07 Å². The first-order valence-corrected chi connectivity index (χ1v) is 6.26. The number of halogens is 2. The topological polar surface area (TPSA) is 73.1 Å². The van der Waals surface area contributed by atoms with E-state index in [2.05, 4.69) is 5.32 Å². The van der Waals surface area contributed by atoms with E-state index < -0.39 is 5.97 Å². The molecule has 0 amide bonds. The smallest absolute Gasteiger partial charge is 0.337 e. The molecule has 0 atom stereocenters. The van der Waals surface area contributed by atoms with Crippen LogP contribution < -0.4 is 5.32 Å². The summed E-state index contributed by atoms with van der Waals surface area (Å²) >= 11 is 11.7. The Bertz CT molecular complexity index is 724. The lowest BCUT2D eigenvalue weighted by Crippen LogP contribution is -2.00. The first-order chi connectivity index (χ1) is 9.51. The third-order valence-electron chi connectivity index (χ3n) is 2.58. The van der Waals surface area contributed by atoms with E-state index in [0.29, 0.717) is 22.0 Å². The lowest BCUT2D eigenvalue weighted by molar-refractivity contribution is 0.0697. The van der Waals surface area contributed by atoms with Crippen LogP contribution in [0.2, 0.25) is 10.0 Å². The number of hydrogen-bond donors (Lipinski definition) is 2. The highest BCUT2D eigenvalue weighted by Crippen LogP contribution is 2.27. The quantitative estimate of drug-likeness (QED) is 0.886. The maximum absolute atomic E-state index is 11.0. The predicted molar refractivity (Wildman–Crippen MR) is 77.9 cm³/mol. The zero-order chi connectivity index (χ0) is 14.7. The van der Waals surface area contributed by atoms with Crippen molar-refractivity contribution in [2.75, 3.05) is 5.32 Å². The Morgan fingerprint density at radius 2 is 1.95 bits per heavy atom. The van der Waals surface area contributed by atoms with Crippen LogP contribution in [0.3, 0.4) is 0 Å². The molecule has 0 aromatic heterocycles. The molecule has 0 radical (unpaired) electrons. The van der Waals surface area contributed by atoms with Crippen LogP contribution in [0.15, 0.2) is 36.4 Å². The van der Waals surface area contributed by atoms with Gasteiger partial charge in [0.2, 0.25) is 0 Å². The van der Waals surface area contributed by atoms with Crippen molar-refractivity contribution < 1.29 is 9.90 Å². The van der Waals surface area contributed by atoms with Crippen molar-refractivity contribution in [2.45, 2.75) is 0 Å². The molecule has 2 aromatic rings. The van der Waals surface area contributed by atoms with Crippen molar-refractivity contribution in [3.8, 4) is 6.07 Å². The van der Waals surface area contributed by atoms with Crippen molar-refractivity contribution in [1.82, 2.24) is 0 Å². The molecule has 0 unspecified atom stereocenters. The van der Waals surface area contributed by atoms with Crippen LogP contribution >= 0.6 is 23.2 Å². The minimum Gasteiger partial charge on any atom is -0.478 e. The summed E-state index contributed by atoms with van der Waals surface area (Å²) in [6.07, 6.45) is 0. The van der Waals surface area contributed by atoms with Gasteiger partial charge in [-0.2, -0.15) is 5.26 Å². The van der Waals surface area contributed by atoms with Gasteiger partial charge < -0.3 is 10.4 Å². The van der Waals surface area contributed by atoms with Crippen molar-refractivity contribution >= 4 is 40.5 Å². The Morgan fingerprint density at radius 3 is 2.60 bits per heavy atom. The van der Waals surface area contributed by atoms with E-state index in [1.54, 1.807) is 24.3 Å². The van der Waals surface area contributed by atoms with Crippen LogP contribution in [0.4, 0.5) is 11.4 Å². The molecule has 0 spiro atoms. The Balaban J connectivity index is 2.40. The zero-order valence-corrected chi connectivity index (χ0v) is 11.5. The molecule has 4 nitrogen and oxygen atoms in total. The number of aromatic carboxylic acids is 1. The van der Waals surface area contributed by atoms with Gasteiger partial charge in [-0.1, -0.05) is 23.2 Å². The fraction of sp³-hybridized carbons (Fsp3) is 0. The average molecular weight is 307 g/mol. The second kappa shape index (κ2) is 5.83. The first kappa shape index (κ1) is 14.2. The van der Waals surface area contributed by atoms with Gasteiger partial charge >= 0.3 is 5.97 Å². The summed E-state index contributed by atoms with van der Waals surface area (Å²) in [4.78, 5) is 11.0. The third-order valence-corrected chi connectivity index (χ3v) is 3.14. The zero-order valence-electron chi connectivity index (χ0n) is 10.0. The third kappa shape index (κ3) is 3.02. The average Bonchev–Trinajstić information content (AvgIpc) is 2.41. The van der Waals surface area contributed by atoms with Crippen molar-refractivity contribution in [3.63, 3.8) is 0 Å². The minimum atomic E-state index is -1.12. The number of hydrogen-bond acceptors (Lipinski definition) is 3. The highest BCUT2D eigenvalue weighted by molar-refractivity contribution is 6.33. The van der Waals surface area contributed by atoms with E-state index in [1.165, 1.54) is 12.1 Å². The van der Waals surface area contributed by atoms with Gasteiger partial charge in [-0.15, -0.1) is 0 Å². The second-order valence-corrected chi connectivity index (χ2v) is 4.77. The molecular formula is C14H8Cl2N2O2. The molecule has 0 fully saturated rings. The summed E-state index contributed by atoms with van der Waals surface area (Å²) in [5, 5.41) is 21.6. The minimum absolute atomic E-state index is 0.0165. The van der Waals surface area contributed by atoms with Crippen LogP contribution in [-0.4, -0.2) is 11.1 Å². The van der Waals surface area contributed by atoms with E-state index in [4.69, 9.17) is 33.6 Å². The van der Waals surface area contributed by atoms with Gasteiger partial charge in [0.25, 0.3) is 0 Å². The Kier molecular flexibility index (Phi) is 4.14.